The molecular weight excluding hydrogens is 367 g/mol. The Hall–Kier alpha value is -1.81. The third-order valence-corrected chi connectivity index (χ3v) is 6.99. The Morgan fingerprint density at radius 1 is 1.40 bits per heavy atom. The molecule has 134 valence electrons. The van der Waals surface area contributed by atoms with Crippen molar-refractivity contribution < 1.29 is 22.3 Å². The molecule has 1 aliphatic rings. The smallest absolute Gasteiger partial charge is 0.349 e. The van der Waals surface area contributed by atoms with Gasteiger partial charge in [0.25, 0.3) is 0 Å². The van der Waals surface area contributed by atoms with Crippen LogP contribution >= 0.6 is 11.3 Å². The van der Waals surface area contributed by atoms with Gasteiger partial charge in [0.1, 0.15) is 15.6 Å². The molecule has 1 aromatic carbocycles. The number of hydrogen-bond acceptors (Lipinski definition) is 6. The van der Waals surface area contributed by atoms with Gasteiger partial charge in [-0.1, -0.05) is 12.1 Å². The number of rotatable bonds is 4. The van der Waals surface area contributed by atoms with Gasteiger partial charge in [-0.3, -0.25) is 0 Å². The molecular formula is C16H17FN2O4S2. The van der Waals surface area contributed by atoms with Gasteiger partial charge >= 0.3 is 5.97 Å². The van der Waals surface area contributed by atoms with Crippen molar-refractivity contribution in [2.75, 3.05) is 26.7 Å². The van der Waals surface area contributed by atoms with E-state index in [1.807, 2.05) is 0 Å². The van der Waals surface area contributed by atoms with Crippen molar-refractivity contribution in [3.8, 4) is 0 Å². The third kappa shape index (κ3) is 3.45. The zero-order valence-electron chi connectivity index (χ0n) is 13.4. The van der Waals surface area contributed by atoms with Gasteiger partial charge in [-0.15, -0.1) is 11.3 Å². The number of sulfonamides is 1. The number of nitrogens with one attached hydrogen (secondary N) is 1. The molecule has 0 bridgehead atoms. The normalized spacial score (nSPS) is 18.9. The summed E-state index contributed by atoms with van der Waals surface area (Å²) >= 11 is 1.02. The van der Waals surface area contributed by atoms with Crippen LogP contribution in [0.25, 0.3) is 0 Å². The van der Waals surface area contributed by atoms with Crippen molar-refractivity contribution in [3.63, 3.8) is 0 Å². The van der Waals surface area contributed by atoms with E-state index < -0.39 is 27.9 Å². The van der Waals surface area contributed by atoms with Gasteiger partial charge in [0.05, 0.1) is 13.2 Å². The van der Waals surface area contributed by atoms with E-state index in [1.54, 1.807) is 17.5 Å². The number of halogens is 1. The number of esters is 1. The molecule has 9 heteroatoms. The molecule has 1 fully saturated rings. The summed E-state index contributed by atoms with van der Waals surface area (Å²) in [5.74, 6) is -1.11. The molecule has 1 atom stereocenters. The third-order valence-electron chi connectivity index (χ3n) is 4.01. The van der Waals surface area contributed by atoms with Gasteiger partial charge < -0.3 is 10.1 Å². The lowest BCUT2D eigenvalue weighted by atomic mass is 10.1. The molecule has 0 saturated carbocycles. The number of carbonyl (C=O) groups excluding carboxylic acids is 1. The van der Waals surface area contributed by atoms with Crippen LogP contribution in [-0.2, 0) is 14.8 Å². The van der Waals surface area contributed by atoms with Crippen molar-refractivity contribution in [2.45, 2.75) is 10.9 Å². The van der Waals surface area contributed by atoms with Crippen LogP contribution < -0.4 is 5.32 Å². The molecule has 1 N–H and O–H groups in total. The minimum atomic E-state index is -3.93. The lowest BCUT2D eigenvalue weighted by Crippen LogP contribution is -2.48. The van der Waals surface area contributed by atoms with E-state index in [-0.39, 0.29) is 16.3 Å². The van der Waals surface area contributed by atoms with Gasteiger partial charge in [-0.2, -0.15) is 4.31 Å². The maximum absolute atomic E-state index is 13.6. The predicted molar refractivity (Wildman–Crippen MR) is 91.6 cm³/mol. The fourth-order valence-corrected chi connectivity index (χ4v) is 5.76. The van der Waals surface area contributed by atoms with Gasteiger partial charge in [-0.05, 0) is 29.1 Å². The topological polar surface area (TPSA) is 75.7 Å². The second-order valence-corrected chi connectivity index (χ2v) is 8.27. The zero-order valence-corrected chi connectivity index (χ0v) is 15.1. The number of ether oxygens (including phenoxy) is 1. The molecule has 25 heavy (non-hydrogen) atoms. The summed E-state index contributed by atoms with van der Waals surface area (Å²) in [6, 6.07) is 6.73. The highest BCUT2D eigenvalue weighted by Gasteiger charge is 2.37. The maximum atomic E-state index is 13.6. The number of thiophene rings is 1. The average Bonchev–Trinajstić information content (AvgIpc) is 3.12. The van der Waals surface area contributed by atoms with Gasteiger partial charge in [-0.25, -0.2) is 17.6 Å². The first kappa shape index (κ1) is 18.0. The lowest BCUT2D eigenvalue weighted by Gasteiger charge is -2.35. The molecule has 0 radical (unpaired) electrons. The number of carbonyl (C=O) groups is 1. The van der Waals surface area contributed by atoms with Crippen LogP contribution in [0.1, 0.15) is 21.3 Å². The Morgan fingerprint density at radius 3 is 2.92 bits per heavy atom. The Kier molecular flexibility index (Phi) is 5.19. The van der Waals surface area contributed by atoms with E-state index in [2.05, 4.69) is 10.1 Å². The molecule has 1 unspecified atom stereocenters. The van der Waals surface area contributed by atoms with Gasteiger partial charge in [0.15, 0.2) is 0 Å². The first-order valence-electron chi connectivity index (χ1n) is 7.59. The first-order chi connectivity index (χ1) is 11.9. The summed E-state index contributed by atoms with van der Waals surface area (Å²) in [5, 5.41) is 4.67. The van der Waals surface area contributed by atoms with Crippen LogP contribution in [0, 0.1) is 5.82 Å². The minimum absolute atomic E-state index is 0.0408. The number of hydrogen-bond donors (Lipinski definition) is 1. The molecule has 1 saturated heterocycles. The molecule has 0 amide bonds. The summed E-state index contributed by atoms with van der Waals surface area (Å²) < 4.78 is 45.9. The molecule has 2 aromatic rings. The highest BCUT2D eigenvalue weighted by atomic mass is 32.2. The lowest BCUT2D eigenvalue weighted by molar-refractivity contribution is 0.0602. The molecule has 1 aromatic heterocycles. The Labute approximate surface area is 149 Å². The summed E-state index contributed by atoms with van der Waals surface area (Å²) in [4.78, 5) is 11.8. The van der Waals surface area contributed by atoms with Crippen LogP contribution in [0.2, 0.25) is 0 Å². The fraction of sp³-hybridized carbons (Fsp3) is 0.312. The molecule has 3 rings (SSSR count). The van der Waals surface area contributed by atoms with Gasteiger partial charge in [0, 0.05) is 19.6 Å². The second kappa shape index (κ2) is 7.20. The second-order valence-electron chi connectivity index (χ2n) is 5.50. The van der Waals surface area contributed by atoms with E-state index in [0.717, 1.165) is 11.3 Å². The SMILES string of the molecule is COC(=O)c1sccc1S(=O)(=O)N1CCNCC1c1cccc(F)c1. The zero-order chi connectivity index (χ0) is 18.0. The number of nitrogens with zero attached hydrogens (tertiary/aromatic N) is 1. The number of piperazine rings is 1. The van der Waals surface area contributed by atoms with E-state index in [4.69, 9.17) is 0 Å². The Morgan fingerprint density at radius 2 is 2.20 bits per heavy atom. The maximum Gasteiger partial charge on any atom is 0.349 e. The van der Waals surface area contributed by atoms with Crippen LogP contribution in [0.4, 0.5) is 4.39 Å². The van der Waals surface area contributed by atoms with Crippen molar-refractivity contribution in [3.05, 3.63) is 52.0 Å². The molecule has 6 nitrogen and oxygen atoms in total. The molecule has 0 spiro atoms. The monoisotopic (exact) mass is 384 g/mol. The van der Waals surface area contributed by atoms with Crippen molar-refractivity contribution in [2.24, 2.45) is 0 Å². The van der Waals surface area contributed by atoms with Gasteiger partial charge in [0.2, 0.25) is 10.0 Å². The van der Waals surface area contributed by atoms with Crippen molar-refractivity contribution in [1.29, 1.82) is 0 Å². The van der Waals surface area contributed by atoms with E-state index in [9.17, 15) is 17.6 Å². The summed E-state index contributed by atoms with van der Waals surface area (Å²) in [6.07, 6.45) is 0. The van der Waals surface area contributed by atoms with Crippen LogP contribution in [-0.4, -0.2) is 45.4 Å². The van der Waals surface area contributed by atoms with Crippen molar-refractivity contribution in [1.82, 2.24) is 9.62 Å². The fourth-order valence-electron chi connectivity index (χ4n) is 2.84. The standard InChI is InChI=1S/C16H17FN2O4S2/c1-23-16(20)15-14(5-8-24-15)25(21,22)19-7-6-18-10-13(19)11-3-2-4-12(17)9-11/h2-5,8-9,13,18H,6-7,10H2,1H3. The van der Waals surface area contributed by atoms with Crippen molar-refractivity contribution >= 4 is 27.3 Å². The quantitative estimate of drug-likeness (QED) is 0.816. The minimum Gasteiger partial charge on any atom is -0.465 e. The molecule has 2 heterocycles. The van der Waals surface area contributed by atoms with E-state index >= 15 is 0 Å². The Bertz CT molecular complexity index is 882. The number of methoxy groups -OCH3 is 1. The molecule has 1 aliphatic heterocycles. The highest BCUT2D eigenvalue weighted by molar-refractivity contribution is 7.89. The summed E-state index contributed by atoms with van der Waals surface area (Å²) in [6.45, 7) is 1.06. The summed E-state index contributed by atoms with van der Waals surface area (Å²) in [5.41, 5.74) is 0.561. The largest absolute Gasteiger partial charge is 0.465 e. The Balaban J connectivity index is 2.02. The number of benzene rings is 1. The summed E-state index contributed by atoms with van der Waals surface area (Å²) in [7, 11) is -2.73. The van der Waals surface area contributed by atoms with Crippen LogP contribution in [0.3, 0.4) is 0 Å². The predicted octanol–water partition coefficient (Wildman–Crippen LogP) is 2.01. The van der Waals surface area contributed by atoms with Crippen LogP contribution in [0.15, 0.2) is 40.6 Å². The van der Waals surface area contributed by atoms with E-state index in [1.165, 1.54) is 29.6 Å². The van der Waals surface area contributed by atoms with E-state index in [0.29, 0.717) is 18.7 Å². The molecule has 0 aliphatic carbocycles. The highest BCUT2D eigenvalue weighted by Crippen LogP contribution is 2.32. The van der Waals surface area contributed by atoms with Crippen LogP contribution in [0.5, 0.6) is 0 Å². The first-order valence-corrected chi connectivity index (χ1v) is 9.91. The average molecular weight is 384 g/mol.